The second-order valence-electron chi connectivity index (χ2n) is 9.63. The van der Waals surface area contributed by atoms with E-state index < -0.39 is 52.0 Å². The van der Waals surface area contributed by atoms with Gasteiger partial charge in [0.25, 0.3) is 20.2 Å². The van der Waals surface area contributed by atoms with Crippen LogP contribution in [0.4, 0.5) is 11.5 Å². The highest BCUT2D eigenvalue weighted by molar-refractivity contribution is 7.86. The monoisotopic (exact) mass is 731 g/mol. The van der Waals surface area contributed by atoms with Crippen LogP contribution in [0.1, 0.15) is 0 Å². The number of benzene rings is 4. The van der Waals surface area contributed by atoms with E-state index in [1.165, 1.54) is 4.68 Å². The van der Waals surface area contributed by atoms with E-state index in [9.17, 15) is 31.0 Å². The van der Waals surface area contributed by atoms with Crippen molar-refractivity contribution in [3.05, 3.63) is 94.5 Å². The fourth-order valence-corrected chi connectivity index (χ4v) is 6.28. The molecule has 0 fully saturated rings. The van der Waals surface area contributed by atoms with Gasteiger partial charge in [-0.3, -0.25) is 9.11 Å². The van der Waals surface area contributed by atoms with Gasteiger partial charge in [0.15, 0.2) is 17.4 Å². The lowest BCUT2D eigenvalue weighted by Gasteiger charge is -2.13. The highest BCUT2D eigenvalue weighted by atomic mass is 35.5. The molecular formula is C28H16Cl3N7O7S2. The first-order valence-corrected chi connectivity index (χ1v) is 16.9. The maximum Gasteiger partial charge on any atom is 0.296 e. The van der Waals surface area contributed by atoms with Gasteiger partial charge < -0.3 is 5.11 Å². The third-order valence-corrected chi connectivity index (χ3v) is 8.89. The molecule has 0 radical (unpaired) electrons. The van der Waals surface area contributed by atoms with Crippen LogP contribution >= 0.6 is 34.8 Å². The van der Waals surface area contributed by atoms with E-state index >= 15 is 0 Å². The van der Waals surface area contributed by atoms with Gasteiger partial charge in [0.1, 0.15) is 10.6 Å². The van der Waals surface area contributed by atoms with E-state index in [-0.39, 0.29) is 28.0 Å². The molecule has 0 aliphatic rings. The van der Waals surface area contributed by atoms with Crippen LogP contribution in [0, 0.1) is 0 Å². The van der Waals surface area contributed by atoms with Crippen molar-refractivity contribution in [3.63, 3.8) is 0 Å². The number of phenols is 1. The number of rotatable bonds is 7. The molecule has 0 saturated heterocycles. The number of fused-ring (bicyclic) bond motifs is 1. The minimum atomic E-state index is -5.14. The molecule has 0 aliphatic carbocycles. The van der Waals surface area contributed by atoms with Crippen LogP contribution in [0.15, 0.2) is 98.9 Å². The van der Waals surface area contributed by atoms with Crippen LogP contribution < -0.4 is 0 Å². The summed E-state index contributed by atoms with van der Waals surface area (Å²) in [6, 6.07) is 19.7. The predicted molar refractivity (Wildman–Crippen MR) is 172 cm³/mol. The van der Waals surface area contributed by atoms with E-state index in [0.29, 0.717) is 22.0 Å². The Balaban J connectivity index is 1.63. The molecule has 4 aromatic carbocycles. The molecule has 0 unspecified atom stereocenters. The predicted octanol–water partition coefficient (Wildman–Crippen LogP) is 7.12. The van der Waals surface area contributed by atoms with Crippen LogP contribution in [-0.4, -0.2) is 55.8 Å². The average Bonchev–Trinajstić information content (AvgIpc) is 3.43. The Labute approximate surface area is 280 Å². The molecule has 6 rings (SSSR count). The third-order valence-electron chi connectivity index (χ3n) is 6.60. The number of hydrogen-bond donors (Lipinski definition) is 3. The van der Waals surface area contributed by atoms with Crippen molar-refractivity contribution in [3.8, 4) is 34.1 Å². The lowest BCUT2D eigenvalue weighted by atomic mass is 10.0. The molecule has 0 saturated carbocycles. The van der Waals surface area contributed by atoms with Crippen molar-refractivity contribution in [2.24, 2.45) is 10.2 Å². The van der Waals surface area contributed by atoms with Crippen LogP contribution in [0.3, 0.4) is 0 Å². The van der Waals surface area contributed by atoms with Crippen molar-refractivity contribution < 1.29 is 31.0 Å². The zero-order valence-electron chi connectivity index (χ0n) is 23.1. The van der Waals surface area contributed by atoms with Crippen molar-refractivity contribution in [1.29, 1.82) is 0 Å². The molecule has 2 heterocycles. The molecule has 0 bridgehead atoms. The van der Waals surface area contributed by atoms with Gasteiger partial charge in [-0.1, -0.05) is 41.9 Å². The largest absolute Gasteiger partial charge is 0.505 e. The van der Waals surface area contributed by atoms with Gasteiger partial charge in [0, 0.05) is 27.6 Å². The quantitative estimate of drug-likeness (QED) is 0.111. The zero-order valence-corrected chi connectivity index (χ0v) is 27.0. The summed E-state index contributed by atoms with van der Waals surface area (Å²) in [5, 5.41) is 23.5. The number of azo groups is 1. The van der Waals surface area contributed by atoms with Crippen LogP contribution in [0.25, 0.3) is 39.1 Å². The number of halogens is 3. The molecule has 3 N–H and O–H groups in total. The van der Waals surface area contributed by atoms with Gasteiger partial charge in [-0.05, 0) is 71.1 Å². The molecule has 47 heavy (non-hydrogen) atoms. The minimum absolute atomic E-state index is 0.0833. The van der Waals surface area contributed by atoms with Crippen molar-refractivity contribution in [1.82, 2.24) is 24.7 Å². The third kappa shape index (κ3) is 6.66. The van der Waals surface area contributed by atoms with Gasteiger partial charge in [0.2, 0.25) is 10.6 Å². The number of para-hydroxylation sites is 1. The molecule has 2 aromatic heterocycles. The van der Waals surface area contributed by atoms with E-state index in [4.69, 9.17) is 34.8 Å². The zero-order chi connectivity index (χ0) is 33.7. The lowest BCUT2D eigenvalue weighted by molar-refractivity contribution is 0.472. The number of nitrogens with zero attached hydrogens (tertiary/aromatic N) is 7. The Morgan fingerprint density at radius 3 is 2.02 bits per heavy atom. The second-order valence-corrected chi connectivity index (χ2v) is 13.6. The lowest BCUT2D eigenvalue weighted by Crippen LogP contribution is -2.03. The Kier molecular flexibility index (Phi) is 8.43. The summed E-state index contributed by atoms with van der Waals surface area (Å²) in [7, 11) is -10.0. The first kappa shape index (κ1) is 32.4. The number of phenolic OH excluding ortho intramolecular Hbond substituents is 1. The SMILES string of the molecule is O=S(=O)(O)c1cc(-c2nc(Cl)nc(Cl)n2)c2c(O)c(N=Nc3cc(-c4ccc(Cl)cc4)nn3-c3ccccc3)c(S(=O)(=O)O)cc2c1. The van der Waals surface area contributed by atoms with Gasteiger partial charge in [-0.2, -0.15) is 36.9 Å². The van der Waals surface area contributed by atoms with Crippen LogP contribution in [-0.2, 0) is 20.2 Å². The first-order chi connectivity index (χ1) is 22.2. The summed E-state index contributed by atoms with van der Waals surface area (Å²) in [5.74, 6) is -1.15. The molecule has 0 aliphatic heterocycles. The minimum Gasteiger partial charge on any atom is -0.505 e. The highest BCUT2D eigenvalue weighted by Gasteiger charge is 2.27. The number of aromatic hydroxyl groups is 1. The number of hydrogen-bond acceptors (Lipinski definition) is 11. The fraction of sp³-hybridized carbons (Fsp3) is 0. The first-order valence-electron chi connectivity index (χ1n) is 12.9. The maximum atomic E-state index is 12.6. The van der Waals surface area contributed by atoms with Crippen LogP contribution in [0.5, 0.6) is 5.75 Å². The molecule has 14 nitrogen and oxygen atoms in total. The Hall–Kier alpha value is -4.55. The summed E-state index contributed by atoms with van der Waals surface area (Å²) >= 11 is 17.9. The van der Waals surface area contributed by atoms with Gasteiger partial charge in [0.05, 0.1) is 16.3 Å². The Bertz CT molecular complexity index is 2440. The molecular weight excluding hydrogens is 717 g/mol. The summed E-state index contributed by atoms with van der Waals surface area (Å²) in [6.45, 7) is 0. The fourth-order valence-electron chi connectivity index (χ4n) is 4.59. The smallest absolute Gasteiger partial charge is 0.296 e. The van der Waals surface area contributed by atoms with Gasteiger partial charge in [-0.25, -0.2) is 4.68 Å². The van der Waals surface area contributed by atoms with E-state index in [1.54, 1.807) is 60.7 Å². The van der Waals surface area contributed by atoms with Crippen molar-refractivity contribution in [2.75, 3.05) is 0 Å². The Morgan fingerprint density at radius 2 is 1.40 bits per heavy atom. The molecule has 0 amide bonds. The molecule has 238 valence electrons. The topological polar surface area (TPSA) is 210 Å². The standard InChI is InChI=1S/C28H16Cl3N7O7S2/c29-16-8-6-14(7-9-16)20-13-22(38(37-20)17-4-2-1-3-5-17)35-36-24-21(47(43,44)45)11-15-10-18(46(40,41)42)12-19(23(15)25(24)39)26-32-27(30)34-28(31)33-26/h1-13,39H,(H,40,41,42)(H,43,44,45). The average molecular weight is 733 g/mol. The highest BCUT2D eigenvalue weighted by Crippen LogP contribution is 2.46. The van der Waals surface area contributed by atoms with Gasteiger partial charge in [-0.15, -0.1) is 10.2 Å². The summed E-state index contributed by atoms with van der Waals surface area (Å²) < 4.78 is 70.8. The Morgan fingerprint density at radius 1 is 0.745 bits per heavy atom. The van der Waals surface area contributed by atoms with Gasteiger partial charge >= 0.3 is 0 Å². The number of aromatic nitrogens is 5. The molecule has 19 heteroatoms. The normalized spacial score (nSPS) is 12.3. The second kappa shape index (κ2) is 12.2. The molecule has 0 atom stereocenters. The molecule has 0 spiro atoms. The summed E-state index contributed by atoms with van der Waals surface area (Å²) in [4.78, 5) is 9.81. The molecule has 6 aromatic rings. The van der Waals surface area contributed by atoms with E-state index in [0.717, 1.165) is 18.2 Å². The van der Waals surface area contributed by atoms with Crippen LogP contribution in [0.2, 0.25) is 15.6 Å². The summed E-state index contributed by atoms with van der Waals surface area (Å²) in [5.41, 5.74) is 0.669. The van der Waals surface area contributed by atoms with Crippen molar-refractivity contribution in [2.45, 2.75) is 9.79 Å². The van der Waals surface area contributed by atoms with Crippen molar-refractivity contribution >= 4 is 77.3 Å². The van der Waals surface area contributed by atoms with E-state index in [1.807, 2.05) is 0 Å². The summed E-state index contributed by atoms with van der Waals surface area (Å²) in [6.07, 6.45) is 0. The maximum absolute atomic E-state index is 12.6. The van der Waals surface area contributed by atoms with E-state index in [2.05, 4.69) is 30.3 Å².